The van der Waals surface area contributed by atoms with Crippen LogP contribution in [0.15, 0.2) is 65.7 Å². The molecule has 0 bridgehead atoms. The third kappa shape index (κ3) is 3.08. The van der Waals surface area contributed by atoms with Crippen LogP contribution in [0.4, 0.5) is 0 Å². The lowest BCUT2D eigenvalue weighted by Gasteiger charge is -2.02. The molecule has 0 N–H and O–H groups in total. The van der Waals surface area contributed by atoms with Crippen LogP contribution in [0.25, 0.3) is 0 Å². The molecule has 0 aliphatic heterocycles. The Bertz CT molecular complexity index is 549. The van der Waals surface area contributed by atoms with Gasteiger partial charge in [-0.3, -0.25) is 4.79 Å². The van der Waals surface area contributed by atoms with E-state index >= 15 is 0 Å². The van der Waals surface area contributed by atoms with Crippen molar-refractivity contribution in [3.05, 3.63) is 71.8 Å². The molecule has 0 aliphatic carbocycles. The highest BCUT2D eigenvalue weighted by Crippen LogP contribution is 2.12. The number of hydrogen-bond acceptors (Lipinski definition) is 2. The first-order valence-electron chi connectivity index (χ1n) is 5.59. The van der Waals surface area contributed by atoms with Gasteiger partial charge in [0.25, 0.3) is 5.91 Å². The van der Waals surface area contributed by atoms with E-state index in [2.05, 4.69) is 4.99 Å². The van der Waals surface area contributed by atoms with E-state index < -0.39 is 0 Å². The van der Waals surface area contributed by atoms with Crippen LogP contribution in [0.2, 0.25) is 0 Å². The highest BCUT2D eigenvalue weighted by Gasteiger charge is 2.07. The summed E-state index contributed by atoms with van der Waals surface area (Å²) in [6.07, 6.45) is 1.92. The number of nitrogens with zero attached hydrogens (tertiary/aromatic N) is 1. The molecule has 90 valence electrons. The van der Waals surface area contributed by atoms with Gasteiger partial charge in [-0.2, -0.15) is 0 Å². The molecule has 0 radical (unpaired) electrons. The van der Waals surface area contributed by atoms with Crippen molar-refractivity contribution in [1.82, 2.24) is 0 Å². The fraction of sp³-hybridized carbons (Fsp3) is 0.0667. The molecule has 0 aromatic heterocycles. The van der Waals surface area contributed by atoms with Crippen molar-refractivity contribution in [2.75, 3.05) is 6.26 Å². The average Bonchev–Trinajstić information content (AvgIpc) is 2.46. The largest absolute Gasteiger partial charge is 0.278 e. The molecule has 0 spiro atoms. The minimum Gasteiger partial charge on any atom is -0.267 e. The van der Waals surface area contributed by atoms with Gasteiger partial charge in [0.05, 0.1) is 0 Å². The van der Waals surface area contributed by atoms with Crippen molar-refractivity contribution in [3.63, 3.8) is 0 Å². The molecule has 2 aromatic carbocycles. The van der Waals surface area contributed by atoms with E-state index in [0.717, 1.165) is 10.6 Å². The van der Waals surface area contributed by atoms with Crippen LogP contribution in [-0.4, -0.2) is 17.2 Å². The second-order valence-corrected chi connectivity index (χ2v) is 4.45. The average molecular weight is 255 g/mol. The summed E-state index contributed by atoms with van der Waals surface area (Å²) in [7, 11) is 0. The third-order valence-corrected chi connectivity index (χ3v) is 3.15. The van der Waals surface area contributed by atoms with Crippen LogP contribution in [-0.2, 0) is 0 Å². The van der Waals surface area contributed by atoms with Crippen molar-refractivity contribution < 1.29 is 4.79 Å². The van der Waals surface area contributed by atoms with E-state index in [4.69, 9.17) is 0 Å². The van der Waals surface area contributed by atoms with Gasteiger partial charge >= 0.3 is 0 Å². The second kappa shape index (κ2) is 6.17. The number of amides is 1. The van der Waals surface area contributed by atoms with Crippen LogP contribution >= 0.6 is 11.8 Å². The zero-order valence-electron chi connectivity index (χ0n) is 10.0. The number of rotatable bonds is 2. The number of thioether (sulfide) groups is 1. The van der Waals surface area contributed by atoms with Crippen LogP contribution in [0.1, 0.15) is 15.9 Å². The zero-order chi connectivity index (χ0) is 12.8. The van der Waals surface area contributed by atoms with Crippen molar-refractivity contribution in [2.24, 2.45) is 4.99 Å². The number of carbonyl (C=O) groups is 1. The molecular weight excluding hydrogens is 242 g/mol. The fourth-order valence-electron chi connectivity index (χ4n) is 1.55. The van der Waals surface area contributed by atoms with E-state index in [9.17, 15) is 4.79 Å². The van der Waals surface area contributed by atoms with E-state index in [1.165, 1.54) is 11.8 Å². The van der Waals surface area contributed by atoms with Crippen molar-refractivity contribution >= 4 is 22.7 Å². The van der Waals surface area contributed by atoms with Gasteiger partial charge in [-0.05, 0) is 18.4 Å². The van der Waals surface area contributed by atoms with E-state index in [-0.39, 0.29) is 5.91 Å². The lowest BCUT2D eigenvalue weighted by molar-refractivity contribution is 0.100. The molecule has 0 unspecified atom stereocenters. The highest BCUT2D eigenvalue weighted by molar-refractivity contribution is 8.13. The van der Waals surface area contributed by atoms with Gasteiger partial charge in [0.1, 0.15) is 5.04 Å². The third-order valence-electron chi connectivity index (χ3n) is 2.44. The summed E-state index contributed by atoms with van der Waals surface area (Å²) in [5.74, 6) is -0.205. The number of aliphatic imine (C=N–C) groups is 1. The first-order valence-corrected chi connectivity index (χ1v) is 6.81. The highest BCUT2D eigenvalue weighted by atomic mass is 32.2. The molecule has 0 saturated heterocycles. The van der Waals surface area contributed by atoms with Gasteiger partial charge < -0.3 is 0 Å². The van der Waals surface area contributed by atoms with E-state index in [1.54, 1.807) is 12.1 Å². The summed E-state index contributed by atoms with van der Waals surface area (Å²) in [5.41, 5.74) is 1.58. The Morgan fingerprint density at radius 3 is 1.89 bits per heavy atom. The van der Waals surface area contributed by atoms with Gasteiger partial charge in [0, 0.05) is 11.1 Å². The minimum absolute atomic E-state index is 0.205. The van der Waals surface area contributed by atoms with Crippen molar-refractivity contribution in [1.29, 1.82) is 0 Å². The summed E-state index contributed by atoms with van der Waals surface area (Å²) >= 11 is 1.48. The molecule has 18 heavy (non-hydrogen) atoms. The van der Waals surface area contributed by atoms with Gasteiger partial charge in [0.2, 0.25) is 0 Å². The summed E-state index contributed by atoms with van der Waals surface area (Å²) in [6.45, 7) is 0. The maximum Gasteiger partial charge on any atom is 0.278 e. The Kier molecular flexibility index (Phi) is 4.31. The monoisotopic (exact) mass is 255 g/mol. The number of benzene rings is 2. The van der Waals surface area contributed by atoms with Gasteiger partial charge in [-0.15, -0.1) is 11.8 Å². The first kappa shape index (κ1) is 12.6. The Balaban J connectivity index is 2.29. The van der Waals surface area contributed by atoms with Gasteiger partial charge in [-0.25, -0.2) is 4.99 Å². The predicted molar refractivity (Wildman–Crippen MR) is 77.3 cm³/mol. The SMILES string of the molecule is CSC(=NC(=O)c1ccccc1)c1ccccc1. The van der Waals surface area contributed by atoms with Crippen molar-refractivity contribution in [3.8, 4) is 0 Å². The molecule has 2 aromatic rings. The first-order chi connectivity index (χ1) is 8.81. The quantitative estimate of drug-likeness (QED) is 0.605. The Labute approximate surface area is 111 Å². The van der Waals surface area contributed by atoms with Gasteiger partial charge in [-0.1, -0.05) is 48.5 Å². The number of carbonyl (C=O) groups excluding carboxylic acids is 1. The van der Waals surface area contributed by atoms with Crippen molar-refractivity contribution in [2.45, 2.75) is 0 Å². The van der Waals surface area contributed by atoms with E-state index in [1.807, 2.05) is 54.8 Å². The molecule has 0 atom stereocenters. The summed E-state index contributed by atoms with van der Waals surface area (Å²) in [4.78, 5) is 16.2. The molecule has 0 saturated carbocycles. The summed E-state index contributed by atoms with van der Waals surface area (Å²) < 4.78 is 0. The topological polar surface area (TPSA) is 29.4 Å². The maximum atomic E-state index is 12.0. The lowest BCUT2D eigenvalue weighted by atomic mass is 10.2. The van der Waals surface area contributed by atoms with Crippen LogP contribution < -0.4 is 0 Å². The van der Waals surface area contributed by atoms with Gasteiger partial charge in [0.15, 0.2) is 0 Å². The zero-order valence-corrected chi connectivity index (χ0v) is 10.9. The molecule has 3 heteroatoms. The van der Waals surface area contributed by atoms with E-state index in [0.29, 0.717) is 5.56 Å². The van der Waals surface area contributed by atoms with Crippen LogP contribution in [0.5, 0.6) is 0 Å². The smallest absolute Gasteiger partial charge is 0.267 e. The molecule has 1 amide bonds. The van der Waals surface area contributed by atoms with Crippen LogP contribution in [0.3, 0.4) is 0 Å². The molecule has 2 rings (SSSR count). The fourth-order valence-corrected chi connectivity index (χ4v) is 2.09. The molecule has 0 fully saturated rings. The molecule has 0 aliphatic rings. The minimum atomic E-state index is -0.205. The predicted octanol–water partition coefficient (Wildman–Crippen LogP) is 3.64. The Morgan fingerprint density at radius 2 is 1.39 bits per heavy atom. The normalized spacial score (nSPS) is 11.3. The standard InChI is InChI=1S/C15H13NOS/c1-18-15(13-10-6-3-7-11-13)16-14(17)12-8-4-2-5-9-12/h2-11H,1H3. The molecule has 2 nitrogen and oxygen atoms in total. The lowest BCUT2D eigenvalue weighted by Crippen LogP contribution is -2.01. The Morgan fingerprint density at radius 1 is 0.889 bits per heavy atom. The number of hydrogen-bond donors (Lipinski definition) is 0. The molecule has 0 heterocycles. The molecular formula is C15H13NOS. The second-order valence-electron chi connectivity index (χ2n) is 3.66. The summed E-state index contributed by atoms with van der Waals surface area (Å²) in [6, 6.07) is 18.8. The Hall–Kier alpha value is -1.87. The van der Waals surface area contributed by atoms with Crippen LogP contribution in [0, 0.1) is 0 Å². The maximum absolute atomic E-state index is 12.0. The summed E-state index contributed by atoms with van der Waals surface area (Å²) in [5, 5.41) is 0.740.